The van der Waals surface area contributed by atoms with Crippen LogP contribution in [0.2, 0.25) is 10.2 Å². The van der Waals surface area contributed by atoms with Crippen LogP contribution in [-0.2, 0) is 17.8 Å². The first-order valence-corrected chi connectivity index (χ1v) is 8.55. The van der Waals surface area contributed by atoms with Crippen LogP contribution < -0.4 is 10.3 Å². The number of epoxide rings is 1. The summed E-state index contributed by atoms with van der Waals surface area (Å²) in [5, 5.41) is 0.398. The highest BCUT2D eigenvalue weighted by molar-refractivity contribution is 6.33. The second-order valence-electron chi connectivity index (χ2n) is 5.95. The average molecular weight is 373 g/mol. The molecule has 5 nitrogen and oxygen atoms in total. The van der Waals surface area contributed by atoms with Gasteiger partial charge in [-0.25, -0.2) is 9.07 Å². The van der Waals surface area contributed by atoms with Crippen LogP contribution in [0.25, 0.3) is 11.1 Å². The molecule has 4 rings (SSSR count). The fourth-order valence-electron chi connectivity index (χ4n) is 2.93. The molecular formula is C16H15Cl2FN2O3. The van der Waals surface area contributed by atoms with Crippen molar-refractivity contribution in [2.24, 2.45) is 0 Å². The number of halogens is 3. The summed E-state index contributed by atoms with van der Waals surface area (Å²) in [4.78, 5) is 12.7. The fraction of sp³-hybridized carbons (Fsp3) is 0.438. The van der Waals surface area contributed by atoms with Gasteiger partial charge < -0.3 is 9.47 Å². The van der Waals surface area contributed by atoms with Gasteiger partial charge >= 0.3 is 0 Å². The lowest BCUT2D eigenvalue weighted by Gasteiger charge is -2.17. The lowest BCUT2D eigenvalue weighted by atomic mass is 10.1. The SMILES string of the molecule is O=c1c(-c2cc(OCC3CO3)c(Cl)cc2F)c(Cl)n2n1CCCC2. The lowest BCUT2D eigenvalue weighted by molar-refractivity contribution is 0.263. The molecule has 2 aliphatic rings. The van der Waals surface area contributed by atoms with Crippen LogP contribution in [0.1, 0.15) is 12.8 Å². The number of benzene rings is 1. The Labute approximate surface area is 147 Å². The van der Waals surface area contributed by atoms with E-state index in [9.17, 15) is 9.18 Å². The standard InChI is InChI=1S/C16H15Cl2FN2O3/c17-11-6-12(19)10(5-13(11)24-8-9-7-23-9)14-15(18)20-3-1-2-4-21(20)16(14)22/h5-6,9H,1-4,7-8H2. The predicted molar refractivity (Wildman–Crippen MR) is 88.6 cm³/mol. The maximum Gasteiger partial charge on any atom is 0.276 e. The molecule has 1 saturated heterocycles. The van der Waals surface area contributed by atoms with Gasteiger partial charge in [-0.05, 0) is 25.0 Å². The van der Waals surface area contributed by atoms with E-state index in [-0.39, 0.29) is 33.0 Å². The number of hydrogen-bond donors (Lipinski definition) is 0. The summed E-state index contributed by atoms with van der Waals surface area (Å²) >= 11 is 12.4. The van der Waals surface area contributed by atoms with E-state index in [0.717, 1.165) is 18.9 Å². The molecule has 2 aromatic rings. The highest BCUT2D eigenvalue weighted by Crippen LogP contribution is 2.36. The zero-order valence-corrected chi connectivity index (χ0v) is 14.2. The molecule has 0 spiro atoms. The Hall–Kier alpha value is -1.50. The molecule has 0 N–H and O–H groups in total. The third kappa shape index (κ3) is 2.72. The highest BCUT2D eigenvalue weighted by Gasteiger charge is 2.26. The van der Waals surface area contributed by atoms with Crippen molar-refractivity contribution in [3.63, 3.8) is 0 Å². The van der Waals surface area contributed by atoms with Gasteiger partial charge in [-0.2, -0.15) is 0 Å². The van der Waals surface area contributed by atoms with Crippen molar-refractivity contribution < 1.29 is 13.9 Å². The molecule has 24 heavy (non-hydrogen) atoms. The van der Waals surface area contributed by atoms with E-state index in [1.807, 2.05) is 0 Å². The van der Waals surface area contributed by atoms with Crippen LogP contribution in [0.4, 0.5) is 4.39 Å². The van der Waals surface area contributed by atoms with E-state index >= 15 is 0 Å². The Morgan fingerprint density at radius 1 is 1.25 bits per heavy atom. The zero-order valence-electron chi connectivity index (χ0n) is 12.7. The highest BCUT2D eigenvalue weighted by atomic mass is 35.5. The predicted octanol–water partition coefficient (Wildman–Crippen LogP) is 3.33. The largest absolute Gasteiger partial charge is 0.489 e. The molecule has 8 heteroatoms. The minimum absolute atomic E-state index is 0.0468. The Morgan fingerprint density at radius 2 is 1.96 bits per heavy atom. The van der Waals surface area contributed by atoms with E-state index in [1.165, 1.54) is 6.07 Å². The van der Waals surface area contributed by atoms with Crippen LogP contribution in [-0.4, -0.2) is 28.7 Å². The Kier molecular flexibility index (Phi) is 4.06. The molecular weight excluding hydrogens is 358 g/mol. The maximum absolute atomic E-state index is 14.5. The van der Waals surface area contributed by atoms with Crippen molar-refractivity contribution in [3.8, 4) is 16.9 Å². The molecule has 0 bridgehead atoms. The molecule has 2 aliphatic heterocycles. The maximum atomic E-state index is 14.5. The molecule has 0 amide bonds. The van der Waals surface area contributed by atoms with E-state index < -0.39 is 5.82 Å². The van der Waals surface area contributed by atoms with Gasteiger partial charge in [-0.1, -0.05) is 23.2 Å². The van der Waals surface area contributed by atoms with Crippen LogP contribution >= 0.6 is 23.2 Å². The molecule has 0 saturated carbocycles. The third-order valence-corrected chi connectivity index (χ3v) is 4.96. The van der Waals surface area contributed by atoms with Gasteiger partial charge in [0.05, 0.1) is 17.2 Å². The van der Waals surface area contributed by atoms with Crippen molar-refractivity contribution >= 4 is 23.2 Å². The van der Waals surface area contributed by atoms with Gasteiger partial charge in [-0.15, -0.1) is 0 Å². The fourth-order valence-corrected chi connectivity index (χ4v) is 3.49. The number of hydrogen-bond acceptors (Lipinski definition) is 3. The minimum Gasteiger partial charge on any atom is -0.489 e. The first-order valence-electron chi connectivity index (χ1n) is 7.79. The Morgan fingerprint density at radius 3 is 2.62 bits per heavy atom. The second-order valence-corrected chi connectivity index (χ2v) is 6.72. The summed E-state index contributed by atoms with van der Waals surface area (Å²) in [6, 6.07) is 2.59. The molecule has 1 unspecified atom stereocenters. The van der Waals surface area contributed by atoms with Gasteiger partial charge in [0.1, 0.15) is 29.4 Å². The quantitative estimate of drug-likeness (QED) is 0.773. The number of aromatic nitrogens is 2. The summed E-state index contributed by atoms with van der Waals surface area (Å²) in [6.45, 7) is 2.20. The smallest absolute Gasteiger partial charge is 0.276 e. The summed E-state index contributed by atoms with van der Waals surface area (Å²) in [5.41, 5.74) is -0.0341. The molecule has 1 atom stereocenters. The molecule has 1 aromatic carbocycles. The van der Waals surface area contributed by atoms with Gasteiger partial charge in [0.15, 0.2) is 0 Å². The molecule has 0 radical (unpaired) electrons. The summed E-state index contributed by atoms with van der Waals surface area (Å²) in [6.07, 6.45) is 1.88. The van der Waals surface area contributed by atoms with E-state index in [0.29, 0.717) is 32.1 Å². The number of ether oxygens (including phenoxy) is 2. The van der Waals surface area contributed by atoms with Crippen molar-refractivity contribution in [1.29, 1.82) is 0 Å². The van der Waals surface area contributed by atoms with Crippen LogP contribution in [0.15, 0.2) is 16.9 Å². The molecule has 128 valence electrons. The van der Waals surface area contributed by atoms with Gasteiger partial charge in [0.2, 0.25) is 0 Å². The van der Waals surface area contributed by atoms with Crippen molar-refractivity contribution in [1.82, 2.24) is 9.36 Å². The molecule has 1 aromatic heterocycles. The molecule has 3 heterocycles. The first kappa shape index (κ1) is 16.0. The number of rotatable bonds is 4. The first-order chi connectivity index (χ1) is 11.6. The number of nitrogens with zero attached hydrogens (tertiary/aromatic N) is 2. The van der Waals surface area contributed by atoms with Gasteiger partial charge in [0, 0.05) is 18.7 Å². The van der Waals surface area contributed by atoms with E-state index in [1.54, 1.807) is 9.36 Å². The summed E-state index contributed by atoms with van der Waals surface area (Å²) in [7, 11) is 0. The summed E-state index contributed by atoms with van der Waals surface area (Å²) < 4.78 is 28.4. The van der Waals surface area contributed by atoms with Gasteiger partial charge in [0.25, 0.3) is 5.56 Å². The lowest BCUT2D eigenvalue weighted by Crippen LogP contribution is -2.27. The molecule has 1 fully saturated rings. The minimum atomic E-state index is -0.599. The monoisotopic (exact) mass is 372 g/mol. The Balaban J connectivity index is 1.79. The van der Waals surface area contributed by atoms with E-state index in [2.05, 4.69) is 0 Å². The van der Waals surface area contributed by atoms with Gasteiger partial charge in [-0.3, -0.25) is 9.48 Å². The van der Waals surface area contributed by atoms with Crippen LogP contribution in [0.5, 0.6) is 5.75 Å². The van der Waals surface area contributed by atoms with E-state index in [4.69, 9.17) is 32.7 Å². The third-order valence-electron chi connectivity index (χ3n) is 4.28. The Bertz CT molecular complexity index is 858. The second kappa shape index (κ2) is 6.10. The normalized spacial score (nSPS) is 19.2. The number of fused-ring (bicyclic) bond motifs is 1. The molecule has 0 aliphatic carbocycles. The van der Waals surface area contributed by atoms with Crippen LogP contribution in [0.3, 0.4) is 0 Å². The van der Waals surface area contributed by atoms with Crippen molar-refractivity contribution in [3.05, 3.63) is 38.5 Å². The van der Waals surface area contributed by atoms with Crippen molar-refractivity contribution in [2.75, 3.05) is 13.2 Å². The average Bonchev–Trinajstić information content (AvgIpc) is 3.36. The van der Waals surface area contributed by atoms with Crippen molar-refractivity contribution in [2.45, 2.75) is 32.0 Å². The summed E-state index contributed by atoms with van der Waals surface area (Å²) in [5.74, 6) is -0.286. The zero-order chi connectivity index (χ0) is 16.8. The topological polar surface area (TPSA) is 48.7 Å². The van der Waals surface area contributed by atoms with Crippen LogP contribution in [0, 0.1) is 5.82 Å².